The molecule has 5 heteroatoms. The van der Waals surface area contributed by atoms with Crippen molar-refractivity contribution in [2.24, 2.45) is 0 Å². The molecule has 3 rings (SSSR count). The van der Waals surface area contributed by atoms with Crippen molar-refractivity contribution < 1.29 is 13.2 Å². The van der Waals surface area contributed by atoms with Gasteiger partial charge in [0.1, 0.15) is 0 Å². The van der Waals surface area contributed by atoms with Crippen molar-refractivity contribution in [1.82, 2.24) is 0 Å². The highest BCUT2D eigenvalue weighted by atomic mass is 32.2. The molecule has 0 unspecified atom stereocenters. The lowest BCUT2D eigenvalue weighted by atomic mass is 9.98. The molecule has 0 fully saturated rings. The van der Waals surface area contributed by atoms with Gasteiger partial charge >= 0.3 is 0 Å². The minimum atomic E-state index is -3.24. The van der Waals surface area contributed by atoms with Crippen molar-refractivity contribution in [1.29, 1.82) is 0 Å². The van der Waals surface area contributed by atoms with Gasteiger partial charge in [0.05, 0.1) is 10.5 Å². The molecule has 0 spiro atoms. The van der Waals surface area contributed by atoms with Crippen LogP contribution in [-0.4, -0.2) is 32.0 Å². The summed E-state index contributed by atoms with van der Waals surface area (Å²) in [5, 5.41) is 0. The van der Waals surface area contributed by atoms with Crippen LogP contribution in [0.1, 0.15) is 47.8 Å². The van der Waals surface area contributed by atoms with Crippen molar-refractivity contribution in [2.75, 3.05) is 18.0 Å². The topological polar surface area (TPSA) is 54.5 Å². The van der Waals surface area contributed by atoms with E-state index in [0.717, 1.165) is 24.2 Å². The molecule has 0 atom stereocenters. The van der Waals surface area contributed by atoms with E-state index in [1.54, 1.807) is 45.0 Å². The summed E-state index contributed by atoms with van der Waals surface area (Å²) in [6.45, 7) is 9.00. The van der Waals surface area contributed by atoms with Crippen LogP contribution in [0.5, 0.6) is 0 Å². The molecule has 0 N–H and O–H groups in total. The zero-order valence-electron chi connectivity index (χ0n) is 17.6. The lowest BCUT2D eigenvalue weighted by Gasteiger charge is -2.19. The first-order valence-electron chi connectivity index (χ1n) is 9.91. The number of Topliss-reactive ketones (excluding diaryl/α,β-unsaturated/α-hetero) is 1. The van der Waals surface area contributed by atoms with E-state index in [9.17, 15) is 13.2 Å². The Morgan fingerprint density at radius 1 is 1.00 bits per heavy atom. The summed E-state index contributed by atoms with van der Waals surface area (Å²) in [5.74, 6) is 0.0191. The predicted octanol–water partition coefficient (Wildman–Crippen LogP) is 4.51. The molecule has 0 saturated carbocycles. The van der Waals surface area contributed by atoms with Crippen LogP contribution in [0.3, 0.4) is 0 Å². The minimum Gasteiger partial charge on any atom is -0.364 e. The Morgan fingerprint density at radius 3 is 2.17 bits per heavy atom. The average Bonchev–Trinajstić information content (AvgIpc) is 3.17. The van der Waals surface area contributed by atoms with Crippen molar-refractivity contribution in [3.8, 4) is 0 Å². The van der Waals surface area contributed by atoms with E-state index < -0.39 is 14.6 Å². The molecule has 0 bridgehead atoms. The number of benzene rings is 2. The van der Waals surface area contributed by atoms with E-state index in [-0.39, 0.29) is 11.5 Å². The first-order chi connectivity index (χ1) is 13.6. The van der Waals surface area contributed by atoms with Gasteiger partial charge in [0.15, 0.2) is 15.6 Å². The molecule has 154 valence electrons. The van der Waals surface area contributed by atoms with Crippen LogP contribution in [-0.2, 0) is 22.0 Å². The maximum Gasteiger partial charge on any atom is 0.167 e. The molecule has 1 heterocycles. The normalized spacial score (nSPS) is 14.4. The highest BCUT2D eigenvalue weighted by Crippen LogP contribution is 2.23. The summed E-state index contributed by atoms with van der Waals surface area (Å²) in [5.41, 5.74) is 4.61. The molecule has 1 aliphatic heterocycles. The first-order valence-corrected chi connectivity index (χ1v) is 11.6. The first kappa shape index (κ1) is 21.3. The molecular formula is C24H29NO3S. The summed E-state index contributed by atoms with van der Waals surface area (Å²) in [4.78, 5) is 15.0. The number of carbonyl (C=O) groups excluding carboxylic acids is 1. The number of aryl methyl sites for hydroxylation is 1. The maximum atomic E-state index is 12.7. The number of anilines is 1. The fourth-order valence-corrected chi connectivity index (χ4v) is 4.33. The van der Waals surface area contributed by atoms with Gasteiger partial charge in [0.25, 0.3) is 0 Å². The Kier molecular flexibility index (Phi) is 5.99. The van der Waals surface area contributed by atoms with Gasteiger partial charge in [0.2, 0.25) is 0 Å². The maximum absolute atomic E-state index is 12.7. The lowest BCUT2D eigenvalue weighted by Crippen LogP contribution is -2.29. The number of carbonyl (C=O) groups is 1. The van der Waals surface area contributed by atoms with Crippen LogP contribution in [0, 0.1) is 6.92 Å². The molecular weight excluding hydrogens is 382 g/mol. The number of rotatable bonds is 6. The van der Waals surface area contributed by atoms with Gasteiger partial charge in [-0.1, -0.05) is 42.5 Å². The molecule has 4 nitrogen and oxygen atoms in total. The van der Waals surface area contributed by atoms with Gasteiger partial charge in [0, 0.05) is 30.8 Å². The third-order valence-corrected chi connectivity index (χ3v) is 8.01. The number of nitrogens with zero attached hydrogens (tertiary/aromatic N) is 1. The van der Waals surface area contributed by atoms with Crippen molar-refractivity contribution in [3.05, 3.63) is 76.9 Å². The van der Waals surface area contributed by atoms with E-state index >= 15 is 0 Å². The quantitative estimate of drug-likeness (QED) is 0.518. The Bertz CT molecular complexity index is 1020. The van der Waals surface area contributed by atoms with E-state index in [4.69, 9.17) is 0 Å². The highest BCUT2D eigenvalue weighted by Gasteiger charge is 2.28. The summed E-state index contributed by atoms with van der Waals surface area (Å²) in [7, 11) is -3.24. The number of hydrogen-bond donors (Lipinski definition) is 0. The molecule has 0 amide bonds. The second-order valence-electron chi connectivity index (χ2n) is 8.66. The van der Waals surface area contributed by atoms with Crippen LogP contribution in [0.15, 0.2) is 54.6 Å². The zero-order chi connectivity index (χ0) is 21.2. The van der Waals surface area contributed by atoms with Crippen LogP contribution in [0.25, 0.3) is 0 Å². The van der Waals surface area contributed by atoms with Crippen molar-refractivity contribution in [2.45, 2.75) is 44.6 Å². The molecule has 2 aromatic carbocycles. The van der Waals surface area contributed by atoms with Gasteiger partial charge in [-0.2, -0.15) is 0 Å². The van der Waals surface area contributed by atoms with E-state index in [1.807, 2.05) is 13.0 Å². The summed E-state index contributed by atoms with van der Waals surface area (Å²) < 4.78 is 23.9. The monoisotopic (exact) mass is 411 g/mol. The highest BCUT2D eigenvalue weighted by molar-refractivity contribution is 7.91. The zero-order valence-corrected chi connectivity index (χ0v) is 18.4. The molecule has 0 aliphatic carbocycles. The number of sulfone groups is 1. The van der Waals surface area contributed by atoms with Gasteiger partial charge in [-0.25, -0.2) is 8.42 Å². The molecule has 0 aromatic heterocycles. The van der Waals surface area contributed by atoms with Gasteiger partial charge in [-0.15, -0.1) is 0 Å². The van der Waals surface area contributed by atoms with Crippen LogP contribution in [0.4, 0.5) is 5.69 Å². The van der Waals surface area contributed by atoms with E-state index in [1.165, 1.54) is 5.69 Å². The molecule has 29 heavy (non-hydrogen) atoms. The van der Waals surface area contributed by atoms with E-state index in [2.05, 4.69) is 29.2 Å². The molecule has 2 aromatic rings. The minimum absolute atomic E-state index is 0.0170. The van der Waals surface area contributed by atoms with E-state index in [0.29, 0.717) is 17.5 Å². The summed E-state index contributed by atoms with van der Waals surface area (Å²) in [6, 6.07) is 13.2. The van der Waals surface area contributed by atoms with Gasteiger partial charge in [-0.05, 0) is 56.5 Å². The Labute approximate surface area is 174 Å². The SMILES string of the molecule is Cc1cc(N2CC=CC2)ccc1CC(=O)c1ccc(CS(=O)(=O)C(C)(C)C)cc1. The van der Waals surface area contributed by atoms with Crippen molar-refractivity contribution >= 4 is 21.3 Å². The van der Waals surface area contributed by atoms with Crippen LogP contribution >= 0.6 is 0 Å². The predicted molar refractivity (Wildman–Crippen MR) is 119 cm³/mol. The summed E-state index contributed by atoms with van der Waals surface area (Å²) in [6.07, 6.45) is 4.65. The largest absolute Gasteiger partial charge is 0.364 e. The third kappa shape index (κ3) is 4.96. The Balaban J connectivity index is 1.68. The molecule has 0 saturated heterocycles. The molecule has 1 aliphatic rings. The Hall–Kier alpha value is -2.40. The van der Waals surface area contributed by atoms with Crippen LogP contribution < -0.4 is 4.90 Å². The molecule has 0 radical (unpaired) electrons. The fraction of sp³-hybridized carbons (Fsp3) is 0.375. The van der Waals surface area contributed by atoms with Crippen LogP contribution in [0.2, 0.25) is 0 Å². The number of hydrogen-bond acceptors (Lipinski definition) is 4. The standard InChI is InChI=1S/C24H29NO3S/c1-18-15-22(25-13-5-6-14-25)12-11-21(18)16-23(26)20-9-7-19(8-10-20)17-29(27,28)24(2,3)4/h5-12,15H,13-14,16-17H2,1-4H3. The fourth-order valence-electron chi connectivity index (χ4n) is 3.26. The second kappa shape index (κ2) is 8.15. The van der Waals surface area contributed by atoms with Gasteiger partial charge in [-0.3, -0.25) is 4.79 Å². The summed E-state index contributed by atoms with van der Waals surface area (Å²) >= 11 is 0. The lowest BCUT2D eigenvalue weighted by molar-refractivity contribution is 0.0992. The Morgan fingerprint density at radius 2 is 1.62 bits per heavy atom. The smallest absolute Gasteiger partial charge is 0.167 e. The third-order valence-electron chi connectivity index (χ3n) is 5.43. The van der Waals surface area contributed by atoms with Gasteiger partial charge < -0.3 is 4.90 Å². The van der Waals surface area contributed by atoms with Crippen molar-refractivity contribution in [3.63, 3.8) is 0 Å². The number of ketones is 1. The average molecular weight is 412 g/mol. The second-order valence-corrected chi connectivity index (χ2v) is 11.4.